The van der Waals surface area contributed by atoms with Gasteiger partial charge < -0.3 is 10.2 Å². The number of phenolic OH excluding ortho intramolecular Hbond substituents is 2. The Morgan fingerprint density at radius 3 is 1.88 bits per heavy atom. The van der Waals surface area contributed by atoms with Crippen LogP contribution in [0.25, 0.3) is 0 Å². The minimum atomic E-state index is -0.0289. The predicted molar refractivity (Wildman–Crippen MR) is 74.6 cm³/mol. The van der Waals surface area contributed by atoms with Gasteiger partial charge in [0.1, 0.15) is 0 Å². The molecule has 3 heteroatoms. The number of halogens is 1. The van der Waals surface area contributed by atoms with E-state index in [0.29, 0.717) is 16.3 Å². The Morgan fingerprint density at radius 2 is 1.41 bits per heavy atom. The van der Waals surface area contributed by atoms with E-state index in [4.69, 9.17) is 0 Å². The van der Waals surface area contributed by atoms with Crippen LogP contribution in [0.1, 0.15) is 38.8 Å². The summed E-state index contributed by atoms with van der Waals surface area (Å²) in [4.78, 5) is 0. The summed E-state index contributed by atoms with van der Waals surface area (Å²) in [6.07, 6.45) is 1.66. The van der Waals surface area contributed by atoms with Crippen LogP contribution >= 0.6 is 15.9 Å². The Morgan fingerprint density at radius 1 is 0.941 bits per heavy atom. The molecule has 0 heterocycles. The van der Waals surface area contributed by atoms with E-state index in [2.05, 4.69) is 43.6 Å². The number of rotatable bonds is 4. The van der Waals surface area contributed by atoms with Crippen molar-refractivity contribution in [3.63, 3.8) is 0 Å². The molecule has 0 bridgehead atoms. The molecule has 1 rings (SSSR count). The normalized spacial score (nSPS) is 11.5. The lowest BCUT2D eigenvalue weighted by Gasteiger charge is -2.15. The van der Waals surface area contributed by atoms with Crippen LogP contribution in [-0.4, -0.2) is 10.2 Å². The molecule has 2 N–H and O–H groups in total. The van der Waals surface area contributed by atoms with Gasteiger partial charge in [-0.2, -0.15) is 0 Å². The maximum Gasteiger partial charge on any atom is 0.172 e. The van der Waals surface area contributed by atoms with Gasteiger partial charge in [-0.05, 0) is 51.7 Å². The van der Waals surface area contributed by atoms with E-state index in [9.17, 15) is 10.2 Å². The van der Waals surface area contributed by atoms with Gasteiger partial charge >= 0.3 is 0 Å². The minimum Gasteiger partial charge on any atom is -0.504 e. The van der Waals surface area contributed by atoms with Crippen LogP contribution in [0, 0.1) is 11.8 Å². The summed E-state index contributed by atoms with van der Waals surface area (Å²) >= 11 is 3.35. The first-order chi connectivity index (χ1) is 7.82. The molecule has 0 amide bonds. The van der Waals surface area contributed by atoms with E-state index >= 15 is 0 Å². The Labute approximate surface area is 112 Å². The van der Waals surface area contributed by atoms with Crippen molar-refractivity contribution in [1.29, 1.82) is 0 Å². The van der Waals surface area contributed by atoms with Gasteiger partial charge in [0.05, 0.1) is 4.47 Å². The summed E-state index contributed by atoms with van der Waals surface area (Å²) in [5.41, 5.74) is 1.89. The van der Waals surface area contributed by atoms with Gasteiger partial charge in [0, 0.05) is 0 Å². The smallest absolute Gasteiger partial charge is 0.172 e. The van der Waals surface area contributed by atoms with Crippen molar-refractivity contribution in [3.8, 4) is 11.5 Å². The zero-order valence-corrected chi connectivity index (χ0v) is 12.5. The van der Waals surface area contributed by atoms with Crippen molar-refractivity contribution < 1.29 is 10.2 Å². The molecule has 1 aromatic carbocycles. The summed E-state index contributed by atoms with van der Waals surface area (Å²) in [5, 5.41) is 19.8. The number of benzene rings is 1. The molecule has 0 radical (unpaired) electrons. The Balaban J connectivity index is 3.19. The van der Waals surface area contributed by atoms with Crippen molar-refractivity contribution in [3.05, 3.63) is 21.7 Å². The second-order valence-corrected chi connectivity index (χ2v) is 6.19. The van der Waals surface area contributed by atoms with E-state index in [1.54, 1.807) is 0 Å². The molecule has 0 aromatic heterocycles. The molecule has 0 saturated heterocycles. The zero-order valence-electron chi connectivity index (χ0n) is 10.9. The fourth-order valence-electron chi connectivity index (χ4n) is 1.93. The average Bonchev–Trinajstić information content (AvgIpc) is 2.20. The number of phenols is 2. The molecule has 0 saturated carbocycles. The Bertz CT molecular complexity index is 363. The molecular weight excluding hydrogens is 280 g/mol. The fourth-order valence-corrected chi connectivity index (χ4v) is 2.40. The second-order valence-electron chi connectivity index (χ2n) is 5.40. The second kappa shape index (κ2) is 5.76. The van der Waals surface area contributed by atoms with Crippen LogP contribution in [0.2, 0.25) is 0 Å². The molecule has 0 spiro atoms. The lowest BCUT2D eigenvalue weighted by atomic mass is 9.95. The summed E-state index contributed by atoms with van der Waals surface area (Å²) in [7, 11) is 0. The molecule has 1 aromatic rings. The summed E-state index contributed by atoms with van der Waals surface area (Å²) in [6, 6.07) is 2.00. The summed E-state index contributed by atoms with van der Waals surface area (Å²) < 4.78 is 0.621. The monoisotopic (exact) mass is 300 g/mol. The maximum atomic E-state index is 9.91. The quantitative estimate of drug-likeness (QED) is 0.816. The molecule has 0 atom stereocenters. The van der Waals surface area contributed by atoms with Gasteiger partial charge in [-0.3, -0.25) is 0 Å². The highest BCUT2D eigenvalue weighted by molar-refractivity contribution is 9.10. The maximum absolute atomic E-state index is 9.91. The molecule has 0 aliphatic rings. The zero-order chi connectivity index (χ0) is 13.2. The minimum absolute atomic E-state index is 0.0121. The lowest BCUT2D eigenvalue weighted by molar-refractivity contribution is 0.393. The fraction of sp³-hybridized carbons (Fsp3) is 0.571. The van der Waals surface area contributed by atoms with Gasteiger partial charge in [-0.25, -0.2) is 0 Å². The number of hydrogen-bond donors (Lipinski definition) is 2. The van der Waals surface area contributed by atoms with E-state index in [-0.39, 0.29) is 11.5 Å². The molecule has 96 valence electrons. The third kappa shape index (κ3) is 3.63. The van der Waals surface area contributed by atoms with Gasteiger partial charge in [-0.15, -0.1) is 0 Å². The molecule has 0 unspecified atom stereocenters. The third-order valence-corrected chi connectivity index (χ3v) is 3.51. The summed E-state index contributed by atoms with van der Waals surface area (Å²) in [6.45, 7) is 8.47. The van der Waals surface area contributed by atoms with Crippen molar-refractivity contribution in [1.82, 2.24) is 0 Å². The van der Waals surface area contributed by atoms with Gasteiger partial charge in [-0.1, -0.05) is 33.8 Å². The average molecular weight is 301 g/mol. The standard InChI is InChI=1S/C14H21BrO2/c1-8(2)5-10-7-11(6-9(3)4)13(16)14(17)12(10)15/h7-9,16-17H,5-6H2,1-4H3. The Hall–Kier alpha value is -0.700. The number of aromatic hydroxyl groups is 2. The topological polar surface area (TPSA) is 40.5 Å². The van der Waals surface area contributed by atoms with Crippen molar-refractivity contribution in [2.45, 2.75) is 40.5 Å². The molecule has 2 nitrogen and oxygen atoms in total. The van der Waals surface area contributed by atoms with Crippen LogP contribution in [0.5, 0.6) is 11.5 Å². The van der Waals surface area contributed by atoms with Gasteiger partial charge in [0.2, 0.25) is 0 Å². The summed E-state index contributed by atoms with van der Waals surface area (Å²) in [5.74, 6) is 0.951. The van der Waals surface area contributed by atoms with Crippen molar-refractivity contribution >= 4 is 15.9 Å². The predicted octanol–water partition coefficient (Wildman–Crippen LogP) is 4.26. The SMILES string of the molecule is CC(C)Cc1cc(CC(C)C)c(Br)c(O)c1O. The first kappa shape index (κ1) is 14.4. The molecule has 0 aliphatic heterocycles. The molecular formula is C14H21BrO2. The highest BCUT2D eigenvalue weighted by atomic mass is 79.9. The molecule has 0 aliphatic carbocycles. The van der Waals surface area contributed by atoms with E-state index in [1.807, 2.05) is 6.07 Å². The van der Waals surface area contributed by atoms with Crippen LogP contribution in [-0.2, 0) is 12.8 Å². The first-order valence-corrected chi connectivity index (χ1v) is 6.84. The molecule has 17 heavy (non-hydrogen) atoms. The highest BCUT2D eigenvalue weighted by Gasteiger charge is 2.16. The van der Waals surface area contributed by atoms with Crippen molar-refractivity contribution in [2.24, 2.45) is 11.8 Å². The van der Waals surface area contributed by atoms with Crippen LogP contribution < -0.4 is 0 Å². The van der Waals surface area contributed by atoms with E-state index in [1.165, 1.54) is 0 Å². The lowest BCUT2D eigenvalue weighted by Crippen LogP contribution is -2.00. The molecule has 0 fully saturated rings. The van der Waals surface area contributed by atoms with Gasteiger partial charge in [0.15, 0.2) is 11.5 Å². The van der Waals surface area contributed by atoms with Crippen LogP contribution in [0.4, 0.5) is 0 Å². The van der Waals surface area contributed by atoms with Crippen LogP contribution in [0.3, 0.4) is 0 Å². The highest BCUT2D eigenvalue weighted by Crippen LogP contribution is 2.40. The number of hydrogen-bond acceptors (Lipinski definition) is 2. The largest absolute Gasteiger partial charge is 0.504 e. The van der Waals surface area contributed by atoms with Gasteiger partial charge in [0.25, 0.3) is 0 Å². The Kier molecular flexibility index (Phi) is 4.87. The van der Waals surface area contributed by atoms with E-state index in [0.717, 1.165) is 24.0 Å². The van der Waals surface area contributed by atoms with E-state index < -0.39 is 0 Å². The van der Waals surface area contributed by atoms with Crippen LogP contribution in [0.15, 0.2) is 10.5 Å². The first-order valence-electron chi connectivity index (χ1n) is 6.05. The van der Waals surface area contributed by atoms with Crippen molar-refractivity contribution in [2.75, 3.05) is 0 Å². The third-order valence-electron chi connectivity index (χ3n) is 2.62.